The van der Waals surface area contributed by atoms with Gasteiger partial charge in [0.05, 0.1) is 23.1 Å². The number of aliphatic carboxylic acids is 1. The number of carboxylic acids is 1. The van der Waals surface area contributed by atoms with E-state index in [1.54, 1.807) is 25.1 Å². The van der Waals surface area contributed by atoms with Crippen LogP contribution >= 0.6 is 11.6 Å². The molecule has 2 N–H and O–H groups in total. The van der Waals surface area contributed by atoms with Gasteiger partial charge in [0.1, 0.15) is 23.1 Å². The van der Waals surface area contributed by atoms with Gasteiger partial charge in [-0.2, -0.15) is 13.2 Å². The van der Waals surface area contributed by atoms with Gasteiger partial charge >= 0.3 is 12.1 Å². The molecule has 1 aliphatic rings. The van der Waals surface area contributed by atoms with Gasteiger partial charge in [-0.15, -0.1) is 0 Å². The molecule has 0 bridgehead atoms. The number of carbonyl (C=O) groups is 2. The molecule has 2 heterocycles. The Bertz CT molecular complexity index is 1630. The van der Waals surface area contributed by atoms with Crippen LogP contribution in [0.25, 0.3) is 11.4 Å². The van der Waals surface area contributed by atoms with Gasteiger partial charge in [-0.05, 0) is 55.8 Å². The average Bonchev–Trinajstić information content (AvgIpc) is 2.92. The Hall–Kier alpha value is -4.64. The SMILES string of the molecule is Cc1cc(NC(=O)c2ccc(Oc3cc4c(cc3Cl)C(C(=O)O)CCO4)cc2)nc(-c2ccc(C(F)(F)F)cc2)n1. The number of anilines is 1. The van der Waals surface area contributed by atoms with Crippen LogP contribution in [-0.2, 0) is 11.0 Å². The second-order valence-corrected chi connectivity index (χ2v) is 9.63. The molecule has 0 aliphatic carbocycles. The van der Waals surface area contributed by atoms with Gasteiger partial charge in [0, 0.05) is 34.5 Å². The number of hydrogen-bond donors (Lipinski definition) is 2. The first-order valence-electron chi connectivity index (χ1n) is 12.3. The van der Waals surface area contributed by atoms with Gasteiger partial charge in [0.15, 0.2) is 5.82 Å². The zero-order valence-electron chi connectivity index (χ0n) is 21.3. The Morgan fingerprint density at radius 2 is 1.76 bits per heavy atom. The molecule has 1 unspecified atom stereocenters. The van der Waals surface area contributed by atoms with Crippen LogP contribution in [0.2, 0.25) is 5.02 Å². The molecule has 1 aromatic heterocycles. The van der Waals surface area contributed by atoms with E-state index in [1.807, 2.05) is 0 Å². The van der Waals surface area contributed by atoms with E-state index >= 15 is 0 Å². The van der Waals surface area contributed by atoms with Crippen LogP contribution in [0.3, 0.4) is 0 Å². The van der Waals surface area contributed by atoms with E-state index in [0.717, 1.165) is 12.1 Å². The van der Waals surface area contributed by atoms with E-state index in [-0.39, 0.29) is 34.6 Å². The molecule has 1 aliphatic heterocycles. The second-order valence-electron chi connectivity index (χ2n) is 9.22. The molecule has 0 fully saturated rings. The number of amides is 1. The van der Waals surface area contributed by atoms with Crippen molar-refractivity contribution in [1.82, 2.24) is 9.97 Å². The Labute approximate surface area is 236 Å². The molecule has 8 nitrogen and oxygen atoms in total. The van der Waals surface area contributed by atoms with E-state index in [1.165, 1.54) is 36.4 Å². The summed E-state index contributed by atoms with van der Waals surface area (Å²) >= 11 is 6.35. The van der Waals surface area contributed by atoms with Crippen LogP contribution in [0.5, 0.6) is 17.2 Å². The van der Waals surface area contributed by atoms with E-state index in [9.17, 15) is 27.9 Å². The highest BCUT2D eigenvalue weighted by molar-refractivity contribution is 6.32. The molecule has 0 saturated heterocycles. The number of halogens is 4. The van der Waals surface area contributed by atoms with E-state index < -0.39 is 29.5 Å². The number of nitrogens with one attached hydrogen (secondary N) is 1. The molecule has 41 heavy (non-hydrogen) atoms. The highest BCUT2D eigenvalue weighted by Gasteiger charge is 2.30. The molecule has 12 heteroatoms. The first-order chi connectivity index (χ1) is 19.5. The lowest BCUT2D eigenvalue weighted by Gasteiger charge is -2.24. The Morgan fingerprint density at radius 3 is 2.41 bits per heavy atom. The number of hydrogen-bond acceptors (Lipinski definition) is 6. The zero-order valence-corrected chi connectivity index (χ0v) is 22.1. The van der Waals surface area contributed by atoms with Crippen molar-refractivity contribution in [3.8, 4) is 28.6 Å². The standard InChI is InChI=1S/C29H21ClF3N3O5/c1-15-12-25(35-26(34-15)16-2-6-18(7-3-16)29(31,32)33)36-27(37)17-4-8-19(9-5-17)41-24-14-23-21(13-22(24)30)20(28(38)39)10-11-40-23/h2-9,12-14,20H,10-11H2,1H3,(H,38,39)(H,34,35,36,37). The number of ether oxygens (including phenoxy) is 2. The number of aromatic nitrogens is 2. The zero-order chi connectivity index (χ0) is 29.3. The van der Waals surface area contributed by atoms with E-state index in [4.69, 9.17) is 21.1 Å². The second kappa shape index (κ2) is 11.1. The molecule has 0 radical (unpaired) electrons. The first kappa shape index (κ1) is 27.9. The lowest BCUT2D eigenvalue weighted by molar-refractivity contribution is -0.139. The van der Waals surface area contributed by atoms with Gasteiger partial charge in [-0.25, -0.2) is 9.97 Å². The summed E-state index contributed by atoms with van der Waals surface area (Å²) in [7, 11) is 0. The van der Waals surface area contributed by atoms with Crippen molar-refractivity contribution < 1.29 is 37.3 Å². The fraction of sp³-hybridized carbons (Fsp3) is 0.172. The predicted octanol–water partition coefficient (Wildman–Crippen LogP) is 7.12. The third kappa shape index (κ3) is 6.25. The number of nitrogens with zero attached hydrogens (tertiary/aromatic N) is 2. The van der Waals surface area contributed by atoms with E-state index in [0.29, 0.717) is 34.7 Å². The average molecular weight is 584 g/mol. The summed E-state index contributed by atoms with van der Waals surface area (Å²) in [6, 6.07) is 15.2. The van der Waals surface area contributed by atoms with Gasteiger partial charge in [0.2, 0.25) is 0 Å². The number of carbonyl (C=O) groups excluding carboxylic acids is 1. The maximum absolute atomic E-state index is 12.9. The lowest BCUT2D eigenvalue weighted by Crippen LogP contribution is -2.20. The summed E-state index contributed by atoms with van der Waals surface area (Å²) in [5.41, 5.74) is 0.852. The van der Waals surface area contributed by atoms with E-state index in [2.05, 4.69) is 15.3 Å². The number of fused-ring (bicyclic) bond motifs is 1. The monoisotopic (exact) mass is 583 g/mol. The van der Waals surface area contributed by atoms with Crippen LogP contribution < -0.4 is 14.8 Å². The third-order valence-corrected chi connectivity index (χ3v) is 6.61. The molecule has 5 rings (SSSR count). The summed E-state index contributed by atoms with van der Waals surface area (Å²) < 4.78 is 50.1. The fourth-order valence-electron chi connectivity index (χ4n) is 4.28. The molecular weight excluding hydrogens is 563 g/mol. The van der Waals surface area contributed by atoms with Gasteiger partial charge < -0.3 is 19.9 Å². The van der Waals surface area contributed by atoms with Crippen LogP contribution in [0.4, 0.5) is 19.0 Å². The Balaban J connectivity index is 1.29. The number of rotatable bonds is 6. The largest absolute Gasteiger partial charge is 0.493 e. The summed E-state index contributed by atoms with van der Waals surface area (Å²) in [5, 5.41) is 12.3. The normalized spacial score (nSPS) is 14.5. The molecule has 210 valence electrons. The van der Waals surface area contributed by atoms with Gasteiger partial charge in [0.25, 0.3) is 5.91 Å². The van der Waals surface area contributed by atoms with Crippen molar-refractivity contribution in [3.63, 3.8) is 0 Å². The molecule has 1 atom stereocenters. The topological polar surface area (TPSA) is 111 Å². The molecule has 1 amide bonds. The molecule has 0 spiro atoms. The van der Waals surface area contributed by atoms with Crippen molar-refractivity contribution >= 4 is 29.3 Å². The quantitative estimate of drug-likeness (QED) is 0.249. The number of benzene rings is 3. The first-order valence-corrected chi connectivity index (χ1v) is 12.7. The van der Waals surface area contributed by atoms with Gasteiger partial charge in [-0.1, -0.05) is 23.7 Å². The highest BCUT2D eigenvalue weighted by Crippen LogP contribution is 2.42. The van der Waals surface area contributed by atoms with Gasteiger partial charge in [-0.3, -0.25) is 9.59 Å². The van der Waals surface area contributed by atoms with Crippen molar-refractivity contribution in [3.05, 3.63) is 94.1 Å². The molecule has 0 saturated carbocycles. The minimum Gasteiger partial charge on any atom is -0.493 e. The van der Waals surface area contributed by atoms with Crippen molar-refractivity contribution in [2.24, 2.45) is 0 Å². The fourth-order valence-corrected chi connectivity index (χ4v) is 4.49. The smallest absolute Gasteiger partial charge is 0.416 e. The van der Waals surface area contributed by atoms with Crippen molar-refractivity contribution in [1.29, 1.82) is 0 Å². The summed E-state index contributed by atoms with van der Waals surface area (Å²) in [4.78, 5) is 33.0. The maximum atomic E-state index is 12.9. The number of carboxylic acid groups (broad SMARTS) is 1. The molecular formula is C29H21ClF3N3O5. The highest BCUT2D eigenvalue weighted by atomic mass is 35.5. The maximum Gasteiger partial charge on any atom is 0.416 e. The van der Waals surface area contributed by atoms with Crippen LogP contribution in [0.1, 0.15) is 39.5 Å². The number of aryl methyl sites for hydroxylation is 1. The summed E-state index contributed by atoms with van der Waals surface area (Å²) in [6.07, 6.45) is -4.12. The summed E-state index contributed by atoms with van der Waals surface area (Å²) in [5.74, 6) is -0.786. The third-order valence-electron chi connectivity index (χ3n) is 6.31. The number of alkyl halides is 3. The lowest BCUT2D eigenvalue weighted by atomic mass is 9.93. The van der Waals surface area contributed by atoms with Crippen molar-refractivity contribution in [2.75, 3.05) is 11.9 Å². The summed E-state index contributed by atoms with van der Waals surface area (Å²) in [6.45, 7) is 1.93. The van der Waals surface area contributed by atoms with Crippen LogP contribution in [-0.4, -0.2) is 33.6 Å². The predicted molar refractivity (Wildman–Crippen MR) is 144 cm³/mol. The molecule has 3 aromatic carbocycles. The Morgan fingerprint density at radius 1 is 1.05 bits per heavy atom. The van der Waals surface area contributed by atoms with Crippen molar-refractivity contribution in [2.45, 2.75) is 25.4 Å². The minimum atomic E-state index is -4.46. The van der Waals surface area contributed by atoms with Crippen LogP contribution in [0, 0.1) is 6.92 Å². The van der Waals surface area contributed by atoms with Crippen LogP contribution in [0.15, 0.2) is 66.7 Å². The Kier molecular flexibility index (Phi) is 7.55. The minimum absolute atomic E-state index is 0.165. The molecule has 4 aromatic rings.